The SMILES string of the molecule is COC(=O)C1CN(C2CCCCCC2)CC1C. The molecule has 98 valence electrons. The molecule has 3 heteroatoms. The van der Waals surface area contributed by atoms with Crippen molar-refractivity contribution in [3.05, 3.63) is 0 Å². The number of rotatable bonds is 2. The van der Waals surface area contributed by atoms with Crippen LogP contribution in [0.2, 0.25) is 0 Å². The summed E-state index contributed by atoms with van der Waals surface area (Å²) >= 11 is 0. The number of ether oxygens (including phenoxy) is 1. The average Bonchev–Trinajstić information content (AvgIpc) is 2.57. The van der Waals surface area contributed by atoms with E-state index in [1.165, 1.54) is 45.6 Å². The molecule has 0 aromatic rings. The summed E-state index contributed by atoms with van der Waals surface area (Å²) < 4.78 is 4.90. The van der Waals surface area contributed by atoms with Crippen molar-refractivity contribution in [1.82, 2.24) is 4.90 Å². The van der Waals surface area contributed by atoms with Crippen LogP contribution in [0.5, 0.6) is 0 Å². The lowest BCUT2D eigenvalue weighted by Gasteiger charge is -2.26. The maximum Gasteiger partial charge on any atom is 0.310 e. The summed E-state index contributed by atoms with van der Waals surface area (Å²) in [6.07, 6.45) is 8.14. The molecule has 1 saturated heterocycles. The molecule has 1 aliphatic carbocycles. The van der Waals surface area contributed by atoms with Gasteiger partial charge < -0.3 is 4.74 Å². The highest BCUT2D eigenvalue weighted by molar-refractivity contribution is 5.73. The number of nitrogens with zero attached hydrogens (tertiary/aromatic N) is 1. The van der Waals surface area contributed by atoms with Crippen LogP contribution in [0.25, 0.3) is 0 Å². The van der Waals surface area contributed by atoms with Gasteiger partial charge in [0.1, 0.15) is 0 Å². The highest BCUT2D eigenvalue weighted by Crippen LogP contribution is 2.30. The van der Waals surface area contributed by atoms with Gasteiger partial charge in [0.15, 0.2) is 0 Å². The van der Waals surface area contributed by atoms with Crippen molar-refractivity contribution in [3.63, 3.8) is 0 Å². The topological polar surface area (TPSA) is 29.5 Å². The Labute approximate surface area is 105 Å². The highest BCUT2D eigenvalue weighted by Gasteiger charge is 2.38. The summed E-state index contributed by atoms with van der Waals surface area (Å²) in [6, 6.07) is 0.717. The van der Waals surface area contributed by atoms with Gasteiger partial charge in [0, 0.05) is 19.1 Å². The van der Waals surface area contributed by atoms with Crippen LogP contribution >= 0.6 is 0 Å². The first-order valence-corrected chi connectivity index (χ1v) is 7.04. The first-order chi connectivity index (χ1) is 8.22. The van der Waals surface area contributed by atoms with Crippen molar-refractivity contribution in [2.45, 2.75) is 51.5 Å². The van der Waals surface area contributed by atoms with Crippen LogP contribution in [0, 0.1) is 11.8 Å². The molecule has 17 heavy (non-hydrogen) atoms. The van der Waals surface area contributed by atoms with E-state index in [9.17, 15) is 4.79 Å². The molecule has 0 spiro atoms. The standard InChI is InChI=1S/C14H25NO2/c1-11-9-15(10-13(11)14(16)17-2)12-7-5-3-4-6-8-12/h11-13H,3-10H2,1-2H3. The summed E-state index contributed by atoms with van der Waals surface area (Å²) in [5.41, 5.74) is 0. The highest BCUT2D eigenvalue weighted by atomic mass is 16.5. The molecule has 2 rings (SSSR count). The van der Waals surface area contributed by atoms with Gasteiger partial charge in [0.25, 0.3) is 0 Å². The van der Waals surface area contributed by atoms with Crippen molar-refractivity contribution >= 4 is 5.97 Å². The number of hydrogen-bond acceptors (Lipinski definition) is 3. The lowest BCUT2D eigenvalue weighted by atomic mass is 9.99. The van der Waals surface area contributed by atoms with Gasteiger partial charge in [0.05, 0.1) is 13.0 Å². The molecule has 0 amide bonds. The molecule has 1 aliphatic heterocycles. The van der Waals surface area contributed by atoms with Crippen LogP contribution in [0.4, 0.5) is 0 Å². The number of carbonyl (C=O) groups excluding carboxylic acids is 1. The normalized spacial score (nSPS) is 32.4. The van der Waals surface area contributed by atoms with Gasteiger partial charge in [-0.3, -0.25) is 9.69 Å². The lowest BCUT2D eigenvalue weighted by Crippen LogP contribution is -2.34. The molecule has 2 aliphatic rings. The molecule has 0 N–H and O–H groups in total. The Kier molecular flexibility index (Phi) is 4.43. The second-order valence-corrected chi connectivity index (χ2v) is 5.71. The summed E-state index contributed by atoms with van der Waals surface area (Å²) in [5.74, 6) is 0.530. The molecular formula is C14H25NO2. The van der Waals surface area contributed by atoms with E-state index in [0.717, 1.165) is 19.1 Å². The third-order valence-corrected chi connectivity index (χ3v) is 4.49. The minimum absolute atomic E-state index is 0.0198. The lowest BCUT2D eigenvalue weighted by molar-refractivity contribution is -0.146. The minimum Gasteiger partial charge on any atom is -0.469 e. The number of methoxy groups -OCH3 is 1. The van der Waals surface area contributed by atoms with Gasteiger partial charge in [0.2, 0.25) is 0 Å². The zero-order valence-corrected chi connectivity index (χ0v) is 11.2. The molecule has 0 aromatic heterocycles. The molecule has 0 radical (unpaired) electrons. The summed E-state index contributed by atoms with van der Waals surface area (Å²) in [4.78, 5) is 14.2. The van der Waals surface area contributed by atoms with Crippen LogP contribution in [0.3, 0.4) is 0 Å². The Morgan fingerprint density at radius 1 is 1.12 bits per heavy atom. The Morgan fingerprint density at radius 3 is 2.35 bits per heavy atom. The van der Waals surface area contributed by atoms with E-state index in [1.807, 2.05) is 0 Å². The number of hydrogen-bond donors (Lipinski definition) is 0. The molecule has 1 heterocycles. The van der Waals surface area contributed by atoms with Crippen molar-refractivity contribution in [1.29, 1.82) is 0 Å². The second-order valence-electron chi connectivity index (χ2n) is 5.71. The predicted molar refractivity (Wildman–Crippen MR) is 67.7 cm³/mol. The third-order valence-electron chi connectivity index (χ3n) is 4.49. The summed E-state index contributed by atoms with van der Waals surface area (Å²) in [5, 5.41) is 0. The zero-order valence-electron chi connectivity index (χ0n) is 11.2. The summed E-state index contributed by atoms with van der Waals surface area (Å²) in [7, 11) is 1.50. The van der Waals surface area contributed by atoms with E-state index in [-0.39, 0.29) is 11.9 Å². The monoisotopic (exact) mass is 239 g/mol. The number of esters is 1. The molecular weight excluding hydrogens is 214 g/mol. The Morgan fingerprint density at radius 2 is 1.76 bits per heavy atom. The van der Waals surface area contributed by atoms with Crippen LogP contribution in [0.15, 0.2) is 0 Å². The predicted octanol–water partition coefficient (Wildman–Crippen LogP) is 2.45. The molecule has 2 atom stereocenters. The molecule has 0 bridgehead atoms. The van der Waals surface area contributed by atoms with Crippen molar-refractivity contribution in [2.75, 3.05) is 20.2 Å². The van der Waals surface area contributed by atoms with E-state index in [0.29, 0.717) is 5.92 Å². The van der Waals surface area contributed by atoms with E-state index in [1.54, 1.807) is 0 Å². The first kappa shape index (κ1) is 12.9. The van der Waals surface area contributed by atoms with Gasteiger partial charge in [-0.1, -0.05) is 32.6 Å². The zero-order chi connectivity index (χ0) is 12.3. The maximum atomic E-state index is 11.7. The molecule has 2 unspecified atom stereocenters. The van der Waals surface area contributed by atoms with Gasteiger partial charge >= 0.3 is 5.97 Å². The Bertz CT molecular complexity index is 259. The van der Waals surface area contributed by atoms with Crippen molar-refractivity contribution < 1.29 is 9.53 Å². The molecule has 3 nitrogen and oxygen atoms in total. The van der Waals surface area contributed by atoms with Gasteiger partial charge in [-0.05, 0) is 18.8 Å². The van der Waals surface area contributed by atoms with E-state index >= 15 is 0 Å². The van der Waals surface area contributed by atoms with E-state index in [4.69, 9.17) is 4.74 Å². The maximum absolute atomic E-state index is 11.7. The Balaban J connectivity index is 1.92. The third kappa shape index (κ3) is 3.01. The largest absolute Gasteiger partial charge is 0.469 e. The second kappa shape index (κ2) is 5.85. The fourth-order valence-electron chi connectivity index (χ4n) is 3.38. The fourth-order valence-corrected chi connectivity index (χ4v) is 3.38. The first-order valence-electron chi connectivity index (χ1n) is 7.04. The summed E-state index contributed by atoms with van der Waals surface area (Å²) in [6.45, 7) is 4.17. The quantitative estimate of drug-likeness (QED) is 0.547. The van der Waals surface area contributed by atoms with Crippen LogP contribution in [0.1, 0.15) is 45.4 Å². The number of likely N-dealkylation sites (tertiary alicyclic amines) is 1. The van der Waals surface area contributed by atoms with Gasteiger partial charge in [-0.25, -0.2) is 0 Å². The smallest absolute Gasteiger partial charge is 0.310 e. The number of carbonyl (C=O) groups is 1. The Hall–Kier alpha value is -0.570. The van der Waals surface area contributed by atoms with Crippen LogP contribution < -0.4 is 0 Å². The molecule has 2 fully saturated rings. The fraction of sp³-hybridized carbons (Fsp3) is 0.929. The van der Waals surface area contributed by atoms with Crippen LogP contribution in [-0.2, 0) is 9.53 Å². The molecule has 0 aromatic carbocycles. The van der Waals surface area contributed by atoms with E-state index < -0.39 is 0 Å². The van der Waals surface area contributed by atoms with Crippen molar-refractivity contribution in [3.8, 4) is 0 Å². The van der Waals surface area contributed by atoms with Gasteiger partial charge in [-0.15, -0.1) is 0 Å². The average molecular weight is 239 g/mol. The minimum atomic E-state index is -0.0198. The van der Waals surface area contributed by atoms with Crippen LogP contribution in [-0.4, -0.2) is 37.1 Å². The molecule has 1 saturated carbocycles. The van der Waals surface area contributed by atoms with Gasteiger partial charge in [-0.2, -0.15) is 0 Å². The van der Waals surface area contributed by atoms with E-state index in [2.05, 4.69) is 11.8 Å². The van der Waals surface area contributed by atoms with Crippen molar-refractivity contribution in [2.24, 2.45) is 11.8 Å².